The number of nitrogens with one attached hydrogen (secondary N) is 2. The molecule has 0 aromatic heterocycles. The molecule has 0 spiro atoms. The summed E-state index contributed by atoms with van der Waals surface area (Å²) in [6.45, 7) is 0.0590. The lowest BCUT2D eigenvalue weighted by molar-refractivity contribution is -0.137. The van der Waals surface area contributed by atoms with E-state index < -0.39 is 35.1 Å². The Morgan fingerprint density at radius 2 is 1.74 bits per heavy atom. The molecule has 1 rings (SSSR count). The van der Waals surface area contributed by atoms with Crippen molar-refractivity contribution in [3.05, 3.63) is 29.6 Å². The van der Waals surface area contributed by atoms with E-state index >= 15 is 0 Å². The first-order chi connectivity index (χ1) is 8.90. The summed E-state index contributed by atoms with van der Waals surface area (Å²) in [4.78, 5) is 21.4. The zero-order chi connectivity index (χ0) is 14.4. The molecule has 0 saturated carbocycles. The fourth-order valence-corrected chi connectivity index (χ4v) is 1.23. The summed E-state index contributed by atoms with van der Waals surface area (Å²) < 4.78 is 38.6. The van der Waals surface area contributed by atoms with Crippen molar-refractivity contribution in [2.45, 2.75) is 12.8 Å². The second kappa shape index (κ2) is 6.62. The van der Waals surface area contributed by atoms with Crippen LogP contribution in [-0.2, 0) is 4.79 Å². The largest absolute Gasteiger partial charge is 0.481 e. The van der Waals surface area contributed by atoms with Gasteiger partial charge in [-0.15, -0.1) is 0 Å². The van der Waals surface area contributed by atoms with Gasteiger partial charge in [0.05, 0.1) is 5.69 Å². The molecular weight excluding hydrogens is 265 g/mol. The van der Waals surface area contributed by atoms with Gasteiger partial charge in [0.1, 0.15) is 5.82 Å². The Morgan fingerprint density at radius 1 is 1.11 bits per heavy atom. The first kappa shape index (κ1) is 14.8. The van der Waals surface area contributed by atoms with E-state index in [9.17, 15) is 22.8 Å². The minimum atomic E-state index is -1.36. The van der Waals surface area contributed by atoms with Crippen LogP contribution in [0.2, 0.25) is 0 Å². The van der Waals surface area contributed by atoms with Crippen LogP contribution in [0, 0.1) is 17.5 Å². The third-order valence-corrected chi connectivity index (χ3v) is 2.11. The van der Waals surface area contributed by atoms with E-state index in [1.807, 2.05) is 5.32 Å². The Hall–Kier alpha value is -2.25. The van der Waals surface area contributed by atoms with Gasteiger partial charge in [0.15, 0.2) is 11.6 Å². The van der Waals surface area contributed by atoms with Crippen LogP contribution in [0.4, 0.5) is 23.7 Å². The number of urea groups is 1. The van der Waals surface area contributed by atoms with Crippen molar-refractivity contribution in [1.29, 1.82) is 0 Å². The van der Waals surface area contributed by atoms with Crippen molar-refractivity contribution in [2.75, 3.05) is 11.9 Å². The van der Waals surface area contributed by atoms with Crippen molar-refractivity contribution < 1.29 is 27.9 Å². The molecule has 5 nitrogen and oxygen atoms in total. The van der Waals surface area contributed by atoms with Crippen molar-refractivity contribution in [2.24, 2.45) is 0 Å². The highest BCUT2D eigenvalue weighted by molar-refractivity contribution is 5.89. The third-order valence-electron chi connectivity index (χ3n) is 2.11. The maximum atomic E-state index is 13.2. The number of carbonyl (C=O) groups is 2. The number of carboxylic acid groups (broad SMARTS) is 1. The van der Waals surface area contributed by atoms with E-state index in [0.717, 1.165) is 0 Å². The molecular formula is C11H11F3N2O3. The summed E-state index contributed by atoms with van der Waals surface area (Å²) in [6, 6.07) is -0.00746. The topological polar surface area (TPSA) is 78.4 Å². The summed E-state index contributed by atoms with van der Waals surface area (Å²) in [6.07, 6.45) is 0.0723. The van der Waals surface area contributed by atoms with Crippen LogP contribution in [0.3, 0.4) is 0 Å². The van der Waals surface area contributed by atoms with Crippen LogP contribution in [0.25, 0.3) is 0 Å². The fourth-order valence-electron chi connectivity index (χ4n) is 1.23. The highest BCUT2D eigenvalue weighted by Crippen LogP contribution is 2.18. The molecule has 0 radical (unpaired) electrons. The van der Waals surface area contributed by atoms with E-state index in [2.05, 4.69) is 5.32 Å². The van der Waals surface area contributed by atoms with Gasteiger partial charge >= 0.3 is 12.0 Å². The monoisotopic (exact) mass is 276 g/mol. The zero-order valence-electron chi connectivity index (χ0n) is 9.67. The van der Waals surface area contributed by atoms with E-state index in [4.69, 9.17) is 5.11 Å². The number of aliphatic carboxylic acids is 1. The number of carbonyl (C=O) groups excluding carboxylic acids is 1. The highest BCUT2D eigenvalue weighted by Gasteiger charge is 2.11. The van der Waals surface area contributed by atoms with Gasteiger partial charge in [-0.25, -0.2) is 18.0 Å². The molecule has 0 saturated heterocycles. The molecule has 0 fully saturated rings. The summed E-state index contributed by atoms with van der Waals surface area (Å²) >= 11 is 0. The number of halogens is 3. The quantitative estimate of drug-likeness (QED) is 0.569. The lowest BCUT2D eigenvalue weighted by atomic mass is 10.3. The van der Waals surface area contributed by atoms with Crippen molar-refractivity contribution >= 4 is 17.7 Å². The van der Waals surface area contributed by atoms with Crippen molar-refractivity contribution in [3.8, 4) is 0 Å². The number of rotatable bonds is 5. The Bertz CT molecular complexity index is 494. The fraction of sp³-hybridized carbons (Fsp3) is 0.273. The predicted molar refractivity (Wildman–Crippen MR) is 60.2 cm³/mol. The molecule has 19 heavy (non-hydrogen) atoms. The molecule has 0 atom stereocenters. The Balaban J connectivity index is 2.48. The van der Waals surface area contributed by atoms with Gasteiger partial charge in [0.2, 0.25) is 0 Å². The Labute approximate surface area is 106 Å². The van der Waals surface area contributed by atoms with E-state index in [0.29, 0.717) is 12.1 Å². The van der Waals surface area contributed by atoms with Crippen LogP contribution >= 0.6 is 0 Å². The van der Waals surface area contributed by atoms with Gasteiger partial charge in [-0.3, -0.25) is 4.79 Å². The number of benzene rings is 1. The minimum absolute atomic E-state index is 0.0590. The van der Waals surface area contributed by atoms with Gasteiger partial charge < -0.3 is 15.7 Å². The lowest BCUT2D eigenvalue weighted by Gasteiger charge is -2.08. The third kappa shape index (κ3) is 4.86. The van der Waals surface area contributed by atoms with E-state index in [-0.39, 0.29) is 19.4 Å². The molecule has 1 aromatic carbocycles. The molecule has 8 heteroatoms. The summed E-state index contributed by atoms with van der Waals surface area (Å²) in [5, 5.41) is 12.6. The smallest absolute Gasteiger partial charge is 0.319 e. The van der Waals surface area contributed by atoms with Crippen molar-refractivity contribution in [3.63, 3.8) is 0 Å². The van der Waals surface area contributed by atoms with Gasteiger partial charge in [-0.1, -0.05) is 0 Å². The van der Waals surface area contributed by atoms with Crippen LogP contribution in [0.15, 0.2) is 12.1 Å². The van der Waals surface area contributed by atoms with E-state index in [1.165, 1.54) is 0 Å². The summed E-state index contributed by atoms with van der Waals surface area (Å²) in [5.41, 5.74) is -0.505. The average molecular weight is 276 g/mol. The van der Waals surface area contributed by atoms with Crippen LogP contribution in [0.1, 0.15) is 12.8 Å². The zero-order valence-corrected chi connectivity index (χ0v) is 9.67. The molecule has 0 aliphatic heterocycles. The number of hydrogen-bond donors (Lipinski definition) is 3. The van der Waals surface area contributed by atoms with Gasteiger partial charge in [-0.05, 0) is 6.42 Å². The molecule has 0 heterocycles. The molecule has 0 bridgehead atoms. The second-order valence-electron chi connectivity index (χ2n) is 3.62. The Kier molecular flexibility index (Phi) is 5.16. The maximum absolute atomic E-state index is 13.2. The maximum Gasteiger partial charge on any atom is 0.319 e. The first-order valence-electron chi connectivity index (χ1n) is 5.31. The second-order valence-corrected chi connectivity index (χ2v) is 3.62. The first-order valence-corrected chi connectivity index (χ1v) is 5.31. The molecule has 0 aliphatic rings. The summed E-state index contributed by atoms with van der Waals surface area (Å²) in [5.74, 6) is -4.76. The van der Waals surface area contributed by atoms with Gasteiger partial charge in [-0.2, -0.15) is 0 Å². The number of anilines is 1. The molecule has 2 amide bonds. The normalized spacial score (nSPS) is 10.1. The average Bonchev–Trinajstić information content (AvgIpc) is 2.31. The van der Waals surface area contributed by atoms with Gasteiger partial charge in [0.25, 0.3) is 0 Å². The molecule has 3 N–H and O–H groups in total. The minimum Gasteiger partial charge on any atom is -0.481 e. The molecule has 104 valence electrons. The van der Waals surface area contributed by atoms with Gasteiger partial charge in [0, 0.05) is 25.1 Å². The predicted octanol–water partition coefficient (Wildman–Crippen LogP) is 2.09. The lowest BCUT2D eigenvalue weighted by Crippen LogP contribution is -2.30. The number of carboxylic acids is 1. The molecule has 1 aromatic rings. The van der Waals surface area contributed by atoms with Crippen LogP contribution < -0.4 is 10.6 Å². The van der Waals surface area contributed by atoms with E-state index in [1.54, 1.807) is 0 Å². The van der Waals surface area contributed by atoms with Crippen molar-refractivity contribution in [1.82, 2.24) is 5.32 Å². The molecule has 0 unspecified atom stereocenters. The van der Waals surface area contributed by atoms with Crippen LogP contribution in [-0.4, -0.2) is 23.7 Å². The number of amides is 2. The van der Waals surface area contributed by atoms with Crippen LogP contribution in [0.5, 0.6) is 0 Å². The summed E-state index contributed by atoms with van der Waals surface area (Å²) in [7, 11) is 0. The Morgan fingerprint density at radius 3 is 2.37 bits per heavy atom. The highest BCUT2D eigenvalue weighted by atomic mass is 19.2. The molecule has 0 aliphatic carbocycles. The standard InChI is InChI=1S/C11H11F3N2O3/c12-6-4-8(14)9(5-7(6)13)16-11(19)15-3-1-2-10(17)18/h4-5H,1-3H2,(H,17,18)(H2,15,16,19). The number of hydrogen-bond acceptors (Lipinski definition) is 2. The SMILES string of the molecule is O=C(O)CCCNC(=O)Nc1cc(F)c(F)cc1F.